The highest BCUT2D eigenvalue weighted by Crippen LogP contribution is 2.38. The Balaban J connectivity index is 1.41. The second-order valence-corrected chi connectivity index (χ2v) is 7.70. The summed E-state index contributed by atoms with van der Waals surface area (Å²) < 4.78 is 12.4. The third kappa shape index (κ3) is 3.95. The minimum absolute atomic E-state index is 0.108. The first-order chi connectivity index (χ1) is 13.1. The zero-order valence-electron chi connectivity index (χ0n) is 15.7. The van der Waals surface area contributed by atoms with Crippen molar-refractivity contribution >= 4 is 5.97 Å². The number of fused-ring (bicyclic) bond motifs is 1. The lowest BCUT2D eigenvalue weighted by Gasteiger charge is -2.29. The topological polar surface area (TPSA) is 55.8 Å². The second kappa shape index (κ2) is 7.63. The van der Waals surface area contributed by atoms with Crippen LogP contribution in [0.3, 0.4) is 0 Å². The van der Waals surface area contributed by atoms with Crippen molar-refractivity contribution in [1.29, 1.82) is 0 Å². The molecule has 4 heteroatoms. The highest BCUT2D eigenvalue weighted by Gasteiger charge is 2.27. The Morgan fingerprint density at radius 2 is 1.85 bits per heavy atom. The van der Waals surface area contributed by atoms with E-state index in [1.54, 1.807) is 0 Å². The van der Waals surface area contributed by atoms with Crippen molar-refractivity contribution < 1.29 is 19.4 Å². The molecule has 1 fully saturated rings. The van der Waals surface area contributed by atoms with E-state index in [0.717, 1.165) is 37.2 Å². The minimum Gasteiger partial charge on any atom is -0.490 e. The maximum absolute atomic E-state index is 11.1. The van der Waals surface area contributed by atoms with Crippen molar-refractivity contribution in [3.8, 4) is 11.5 Å². The van der Waals surface area contributed by atoms with E-state index in [1.165, 1.54) is 16.7 Å². The number of aliphatic carboxylic acids is 1. The summed E-state index contributed by atoms with van der Waals surface area (Å²) in [6.07, 6.45) is 5.17. The maximum atomic E-state index is 11.1. The second-order valence-electron chi connectivity index (χ2n) is 7.70. The molecule has 0 aromatic heterocycles. The number of aryl methyl sites for hydroxylation is 2. The van der Waals surface area contributed by atoms with E-state index < -0.39 is 5.97 Å². The first-order valence-corrected chi connectivity index (χ1v) is 9.84. The number of carboxylic acids is 1. The molecular formula is C23H26O4. The molecule has 1 atom stereocenters. The summed E-state index contributed by atoms with van der Waals surface area (Å²) in [6, 6.07) is 14.5. The van der Waals surface area contributed by atoms with E-state index in [-0.39, 0.29) is 18.1 Å². The third-order valence-corrected chi connectivity index (χ3v) is 5.84. The average Bonchev–Trinajstić information content (AvgIpc) is 2.68. The molecule has 0 bridgehead atoms. The zero-order valence-corrected chi connectivity index (χ0v) is 15.7. The van der Waals surface area contributed by atoms with Gasteiger partial charge in [-0.3, -0.25) is 4.79 Å². The zero-order chi connectivity index (χ0) is 18.8. The van der Waals surface area contributed by atoms with Crippen LogP contribution in [-0.2, 0) is 11.2 Å². The van der Waals surface area contributed by atoms with Crippen LogP contribution < -0.4 is 9.47 Å². The number of rotatable bonds is 4. The summed E-state index contributed by atoms with van der Waals surface area (Å²) in [5.41, 5.74) is 3.72. The molecule has 2 aromatic rings. The molecule has 27 heavy (non-hydrogen) atoms. The number of benzene rings is 2. The molecule has 142 valence electrons. The number of carboxylic acid groups (broad SMARTS) is 1. The number of ether oxygens (including phenoxy) is 2. The summed E-state index contributed by atoms with van der Waals surface area (Å²) in [5.74, 6) is 0.921. The molecule has 1 heterocycles. The number of hydrogen-bond donors (Lipinski definition) is 1. The molecule has 0 amide bonds. The molecule has 1 aliphatic heterocycles. The molecule has 0 unspecified atom stereocenters. The van der Waals surface area contributed by atoms with Gasteiger partial charge in [0.15, 0.2) is 0 Å². The van der Waals surface area contributed by atoms with E-state index in [0.29, 0.717) is 12.8 Å². The highest BCUT2D eigenvalue weighted by atomic mass is 16.5. The SMILES string of the molecule is Cc1ccccc1[C@H]1CCc2cc(OC3CCC(C(=O)O)CC3)ccc2O1. The van der Waals surface area contributed by atoms with E-state index in [9.17, 15) is 4.79 Å². The summed E-state index contributed by atoms with van der Waals surface area (Å²) in [7, 11) is 0. The standard InChI is InChI=1S/C23H26O4/c1-15-4-2-3-5-20(15)22-12-8-17-14-19(11-13-21(17)27-22)26-18-9-6-16(7-10-18)23(24)25/h2-5,11,13-14,16,18,22H,6-10,12H2,1H3,(H,24,25)/t16?,18?,22-/m1/s1. The summed E-state index contributed by atoms with van der Waals surface area (Å²) in [6.45, 7) is 2.13. The van der Waals surface area contributed by atoms with Crippen LogP contribution in [0, 0.1) is 12.8 Å². The normalized spacial score (nSPS) is 24.6. The van der Waals surface area contributed by atoms with Crippen molar-refractivity contribution in [2.24, 2.45) is 5.92 Å². The lowest BCUT2D eigenvalue weighted by Crippen LogP contribution is -2.27. The van der Waals surface area contributed by atoms with Gasteiger partial charge in [0, 0.05) is 0 Å². The fraction of sp³-hybridized carbons (Fsp3) is 0.435. The van der Waals surface area contributed by atoms with Crippen molar-refractivity contribution in [2.45, 2.75) is 57.7 Å². The van der Waals surface area contributed by atoms with Crippen LogP contribution in [-0.4, -0.2) is 17.2 Å². The molecule has 1 saturated carbocycles. The Hall–Kier alpha value is -2.49. The van der Waals surface area contributed by atoms with E-state index >= 15 is 0 Å². The fourth-order valence-corrected chi connectivity index (χ4v) is 4.23. The van der Waals surface area contributed by atoms with Gasteiger partial charge in [0.25, 0.3) is 0 Å². The molecule has 2 aliphatic rings. The summed E-state index contributed by atoms with van der Waals surface area (Å²) >= 11 is 0. The van der Waals surface area contributed by atoms with Gasteiger partial charge in [-0.25, -0.2) is 0 Å². The van der Waals surface area contributed by atoms with Crippen LogP contribution in [0.4, 0.5) is 0 Å². The van der Waals surface area contributed by atoms with Crippen molar-refractivity contribution in [1.82, 2.24) is 0 Å². The van der Waals surface area contributed by atoms with Crippen molar-refractivity contribution in [3.05, 3.63) is 59.2 Å². The lowest BCUT2D eigenvalue weighted by molar-refractivity contribution is -0.143. The van der Waals surface area contributed by atoms with Gasteiger partial charge in [-0.2, -0.15) is 0 Å². The first-order valence-electron chi connectivity index (χ1n) is 9.84. The van der Waals surface area contributed by atoms with E-state index in [4.69, 9.17) is 14.6 Å². The molecule has 1 N–H and O–H groups in total. The van der Waals surface area contributed by atoms with Crippen LogP contribution in [0.2, 0.25) is 0 Å². The smallest absolute Gasteiger partial charge is 0.306 e. The Bertz CT molecular complexity index is 821. The van der Waals surface area contributed by atoms with Gasteiger partial charge >= 0.3 is 5.97 Å². The Morgan fingerprint density at radius 1 is 1.07 bits per heavy atom. The van der Waals surface area contributed by atoms with Crippen LogP contribution in [0.15, 0.2) is 42.5 Å². The van der Waals surface area contributed by atoms with Gasteiger partial charge in [-0.05, 0) is 80.3 Å². The monoisotopic (exact) mass is 366 g/mol. The molecule has 0 spiro atoms. The van der Waals surface area contributed by atoms with Gasteiger partial charge < -0.3 is 14.6 Å². The lowest BCUT2D eigenvalue weighted by atomic mass is 9.87. The quantitative estimate of drug-likeness (QED) is 0.819. The van der Waals surface area contributed by atoms with Gasteiger partial charge in [0.05, 0.1) is 12.0 Å². The predicted molar refractivity (Wildman–Crippen MR) is 103 cm³/mol. The molecule has 1 aliphatic carbocycles. The van der Waals surface area contributed by atoms with Gasteiger partial charge in [0.1, 0.15) is 17.6 Å². The molecule has 4 nitrogen and oxygen atoms in total. The molecular weight excluding hydrogens is 340 g/mol. The Morgan fingerprint density at radius 3 is 2.59 bits per heavy atom. The van der Waals surface area contributed by atoms with Crippen LogP contribution in [0.1, 0.15) is 54.9 Å². The van der Waals surface area contributed by atoms with Gasteiger partial charge in [-0.15, -0.1) is 0 Å². The van der Waals surface area contributed by atoms with Crippen molar-refractivity contribution in [2.75, 3.05) is 0 Å². The van der Waals surface area contributed by atoms with Crippen molar-refractivity contribution in [3.63, 3.8) is 0 Å². The molecule has 4 rings (SSSR count). The maximum Gasteiger partial charge on any atom is 0.306 e. The van der Waals surface area contributed by atoms with E-state index in [1.807, 2.05) is 12.1 Å². The van der Waals surface area contributed by atoms with Gasteiger partial charge in [0.2, 0.25) is 0 Å². The predicted octanol–water partition coefficient (Wildman–Crippen LogP) is 5.08. The molecule has 0 radical (unpaired) electrons. The molecule has 2 aromatic carbocycles. The van der Waals surface area contributed by atoms with Crippen LogP contribution in [0.5, 0.6) is 11.5 Å². The Labute approximate surface area is 160 Å². The fourth-order valence-electron chi connectivity index (χ4n) is 4.23. The summed E-state index contributed by atoms with van der Waals surface area (Å²) in [4.78, 5) is 11.1. The van der Waals surface area contributed by atoms with Gasteiger partial charge in [-0.1, -0.05) is 24.3 Å². The summed E-state index contributed by atoms with van der Waals surface area (Å²) in [5, 5.41) is 9.11. The van der Waals surface area contributed by atoms with E-state index in [2.05, 4.69) is 37.3 Å². The first kappa shape index (κ1) is 17.9. The minimum atomic E-state index is -0.678. The van der Waals surface area contributed by atoms with Crippen LogP contribution in [0.25, 0.3) is 0 Å². The Kier molecular flexibility index (Phi) is 5.06. The largest absolute Gasteiger partial charge is 0.490 e. The van der Waals surface area contributed by atoms with Crippen LogP contribution >= 0.6 is 0 Å². The number of hydrogen-bond acceptors (Lipinski definition) is 3. The average molecular weight is 366 g/mol. The molecule has 0 saturated heterocycles. The number of carbonyl (C=O) groups is 1. The third-order valence-electron chi connectivity index (χ3n) is 5.84. The highest BCUT2D eigenvalue weighted by molar-refractivity contribution is 5.70.